The third kappa shape index (κ3) is 5.01. The molecule has 7 rings (SSSR count). The van der Waals surface area contributed by atoms with Crippen LogP contribution in [0.2, 0.25) is 0 Å². The maximum absolute atomic E-state index is 14.0. The molecule has 3 heterocycles. The van der Waals surface area contributed by atoms with Gasteiger partial charge in [0.15, 0.2) is 12.1 Å². The summed E-state index contributed by atoms with van der Waals surface area (Å²) in [6.45, 7) is -0.421. The predicted molar refractivity (Wildman–Crippen MR) is 160 cm³/mol. The summed E-state index contributed by atoms with van der Waals surface area (Å²) < 4.78 is 27.4. The van der Waals surface area contributed by atoms with Crippen molar-refractivity contribution in [2.24, 2.45) is 21.4 Å². The van der Waals surface area contributed by atoms with Gasteiger partial charge in [-0.05, 0) is 78.4 Å². The summed E-state index contributed by atoms with van der Waals surface area (Å²) in [4.78, 5) is 52.0. The Morgan fingerprint density at radius 2 is 1.61 bits per heavy atom. The van der Waals surface area contributed by atoms with Gasteiger partial charge in [-0.25, -0.2) is 18.7 Å². The molecular formula is C32H25F2N7O5. The Morgan fingerprint density at radius 3 is 2.28 bits per heavy atom. The van der Waals surface area contributed by atoms with Gasteiger partial charge in [0.25, 0.3) is 23.4 Å². The molecule has 1 saturated carbocycles. The number of carbonyl (C=O) groups excluding carboxylic acids is 3. The number of hydrogen-bond donors (Lipinski definition) is 0. The van der Waals surface area contributed by atoms with E-state index in [0.717, 1.165) is 33.9 Å². The monoisotopic (exact) mass is 625 g/mol. The number of imide groups is 1. The Labute approximate surface area is 260 Å². The molecule has 3 aromatic rings. The molecule has 232 valence electrons. The van der Waals surface area contributed by atoms with Crippen LogP contribution >= 0.6 is 0 Å². The maximum atomic E-state index is 14.0. The first kappa shape index (κ1) is 29.1. The fourth-order valence-electron chi connectivity index (χ4n) is 6.50. The first-order chi connectivity index (χ1) is 22.2. The van der Waals surface area contributed by atoms with Gasteiger partial charge in [-0.3, -0.25) is 29.5 Å². The van der Waals surface area contributed by atoms with Crippen molar-refractivity contribution in [3.05, 3.63) is 111 Å². The molecule has 1 aliphatic carbocycles. The molecule has 0 bridgehead atoms. The summed E-state index contributed by atoms with van der Waals surface area (Å²) >= 11 is 0. The standard InChI is InChI=1S/C32H25F2N7O5/c33-21-8-4-18(5-9-21)16-20-2-1-3-25-27(20)36-40(29(25)19-6-10-22(34)11-7-19)26(42)17-38-30-28(35-37-38)31(43)39(32(30)44)23-12-14-24(15-13-23)41(45)46/h4-16,25,28-30H,1-3,17H2/b20-16+/t25-,28+,29-,30+/m0/s1. The lowest BCUT2D eigenvalue weighted by Gasteiger charge is -2.30. The number of amides is 3. The van der Waals surface area contributed by atoms with Gasteiger partial charge in [0.2, 0.25) is 0 Å². The van der Waals surface area contributed by atoms with Crippen molar-refractivity contribution >= 4 is 40.9 Å². The summed E-state index contributed by atoms with van der Waals surface area (Å²) in [5.74, 6) is -2.81. The van der Waals surface area contributed by atoms with Crippen molar-refractivity contribution in [2.75, 3.05) is 11.4 Å². The van der Waals surface area contributed by atoms with Gasteiger partial charge in [-0.2, -0.15) is 10.2 Å². The smallest absolute Gasteiger partial charge is 0.269 e. The molecule has 3 amide bonds. The Kier molecular flexibility index (Phi) is 7.18. The van der Waals surface area contributed by atoms with E-state index in [1.807, 2.05) is 6.08 Å². The van der Waals surface area contributed by atoms with E-state index in [1.54, 1.807) is 24.3 Å². The number of non-ortho nitro benzene ring substituents is 1. The minimum Gasteiger partial charge on any atom is -0.271 e. The number of anilines is 1. The third-order valence-electron chi connectivity index (χ3n) is 8.65. The van der Waals surface area contributed by atoms with Crippen LogP contribution in [0.25, 0.3) is 6.08 Å². The van der Waals surface area contributed by atoms with E-state index < -0.39 is 53.1 Å². The molecule has 2 fully saturated rings. The van der Waals surface area contributed by atoms with E-state index in [1.165, 1.54) is 53.5 Å². The minimum atomic E-state index is -1.18. The van der Waals surface area contributed by atoms with E-state index in [0.29, 0.717) is 17.7 Å². The number of hydrazone groups is 1. The van der Waals surface area contributed by atoms with Crippen molar-refractivity contribution in [1.82, 2.24) is 10.0 Å². The van der Waals surface area contributed by atoms with Crippen LogP contribution in [0.4, 0.5) is 20.2 Å². The molecule has 0 N–H and O–H groups in total. The average Bonchev–Trinajstić information content (AvgIpc) is 3.72. The van der Waals surface area contributed by atoms with Crippen LogP contribution in [0.5, 0.6) is 0 Å². The molecule has 0 spiro atoms. The highest BCUT2D eigenvalue weighted by Crippen LogP contribution is 2.45. The molecule has 3 aromatic carbocycles. The highest BCUT2D eigenvalue weighted by molar-refractivity contribution is 6.25. The number of carbonyl (C=O) groups is 3. The largest absolute Gasteiger partial charge is 0.271 e. The van der Waals surface area contributed by atoms with E-state index in [4.69, 9.17) is 5.10 Å². The van der Waals surface area contributed by atoms with Gasteiger partial charge >= 0.3 is 0 Å². The minimum absolute atomic E-state index is 0.142. The van der Waals surface area contributed by atoms with Crippen LogP contribution in [-0.2, 0) is 14.4 Å². The fourth-order valence-corrected chi connectivity index (χ4v) is 6.50. The summed E-state index contributed by atoms with van der Waals surface area (Å²) in [6.07, 6.45) is 4.16. The van der Waals surface area contributed by atoms with Crippen LogP contribution in [0, 0.1) is 27.7 Å². The fraction of sp³-hybridized carbons (Fsp3) is 0.250. The molecule has 0 aromatic heterocycles. The lowest BCUT2D eigenvalue weighted by Crippen LogP contribution is -2.45. The number of nitrogens with zero attached hydrogens (tertiary/aromatic N) is 7. The number of benzene rings is 3. The number of rotatable bonds is 6. The van der Waals surface area contributed by atoms with Crippen molar-refractivity contribution < 1.29 is 28.1 Å². The van der Waals surface area contributed by atoms with E-state index in [2.05, 4.69) is 10.3 Å². The van der Waals surface area contributed by atoms with Crippen molar-refractivity contribution in [2.45, 2.75) is 37.4 Å². The summed E-state index contributed by atoms with van der Waals surface area (Å²) in [5, 5.41) is 26.3. The van der Waals surface area contributed by atoms with Crippen molar-refractivity contribution in [3.63, 3.8) is 0 Å². The lowest BCUT2D eigenvalue weighted by atomic mass is 9.77. The zero-order chi connectivity index (χ0) is 32.1. The van der Waals surface area contributed by atoms with Gasteiger partial charge in [0.05, 0.1) is 22.4 Å². The third-order valence-corrected chi connectivity index (χ3v) is 8.65. The average molecular weight is 626 g/mol. The number of nitro benzene ring substituents is 1. The Morgan fingerprint density at radius 1 is 0.935 bits per heavy atom. The number of fused-ring (bicyclic) bond motifs is 2. The number of allylic oxidation sites excluding steroid dienone is 1. The number of hydrogen-bond acceptors (Lipinski definition) is 9. The first-order valence-corrected chi connectivity index (χ1v) is 14.6. The van der Waals surface area contributed by atoms with Crippen LogP contribution in [0.1, 0.15) is 36.4 Å². The molecule has 0 radical (unpaired) electrons. The molecule has 14 heteroatoms. The van der Waals surface area contributed by atoms with Gasteiger partial charge in [-0.1, -0.05) is 29.5 Å². The number of halogens is 2. The molecule has 12 nitrogen and oxygen atoms in total. The van der Waals surface area contributed by atoms with E-state index >= 15 is 0 Å². The summed E-state index contributed by atoms with van der Waals surface area (Å²) in [7, 11) is 0. The zero-order valence-electron chi connectivity index (χ0n) is 24.1. The molecule has 0 unspecified atom stereocenters. The normalized spacial score (nSPS) is 24.4. The second-order valence-electron chi connectivity index (χ2n) is 11.4. The van der Waals surface area contributed by atoms with Crippen molar-refractivity contribution in [3.8, 4) is 0 Å². The molecule has 3 aliphatic heterocycles. The maximum Gasteiger partial charge on any atom is 0.269 e. The lowest BCUT2D eigenvalue weighted by molar-refractivity contribution is -0.384. The van der Waals surface area contributed by atoms with Gasteiger partial charge in [0.1, 0.15) is 18.2 Å². The van der Waals surface area contributed by atoms with Crippen molar-refractivity contribution in [1.29, 1.82) is 0 Å². The quantitative estimate of drug-likeness (QED) is 0.215. The molecule has 4 aliphatic rings. The first-order valence-electron chi connectivity index (χ1n) is 14.6. The van der Waals surface area contributed by atoms with Crippen LogP contribution in [-0.4, -0.2) is 57.0 Å². The highest BCUT2D eigenvalue weighted by Gasteiger charge is 2.55. The topological polar surface area (TPSA) is 141 Å². The molecule has 46 heavy (non-hydrogen) atoms. The van der Waals surface area contributed by atoms with Crippen LogP contribution in [0.3, 0.4) is 0 Å². The zero-order valence-corrected chi connectivity index (χ0v) is 24.1. The Hall–Kier alpha value is -5.66. The Bertz CT molecular complexity index is 1840. The highest BCUT2D eigenvalue weighted by atomic mass is 19.1. The number of nitro groups is 1. The van der Waals surface area contributed by atoms with Crippen LogP contribution < -0.4 is 4.90 Å². The van der Waals surface area contributed by atoms with E-state index in [9.17, 15) is 33.3 Å². The Balaban J connectivity index is 1.17. The van der Waals surface area contributed by atoms with E-state index in [-0.39, 0.29) is 23.1 Å². The molecule has 1 saturated heterocycles. The summed E-state index contributed by atoms with van der Waals surface area (Å²) in [5.41, 5.74) is 3.02. The summed E-state index contributed by atoms with van der Waals surface area (Å²) in [6, 6.07) is 14.0. The molecule has 4 atom stereocenters. The van der Waals surface area contributed by atoms with Crippen LogP contribution in [0.15, 0.2) is 93.8 Å². The molecular weight excluding hydrogens is 600 g/mol. The predicted octanol–water partition coefficient (Wildman–Crippen LogP) is 4.99. The van der Waals surface area contributed by atoms with Gasteiger partial charge in [0, 0.05) is 18.1 Å². The SMILES string of the molecule is O=C1[C@@H]2N=NN(CC(=O)N3N=C4/C(=C/c5ccc(F)cc5)CCC[C@@H]4[C@@H]3c3ccc(F)cc3)[C@H]2C(=O)N1c1ccc([N+](=O)[O-])cc1. The second-order valence-corrected chi connectivity index (χ2v) is 11.4. The second kappa shape index (κ2) is 11.4. The van der Waals surface area contributed by atoms with Gasteiger partial charge < -0.3 is 0 Å². The van der Waals surface area contributed by atoms with Gasteiger partial charge in [-0.15, -0.1) is 0 Å².